The van der Waals surface area contributed by atoms with Gasteiger partial charge in [0.05, 0.1) is 11.7 Å². The van der Waals surface area contributed by atoms with Gasteiger partial charge in [0.25, 0.3) is 0 Å². The second kappa shape index (κ2) is 4.68. The van der Waals surface area contributed by atoms with E-state index in [1.807, 2.05) is 20.8 Å². The van der Waals surface area contributed by atoms with Crippen molar-refractivity contribution < 1.29 is 13.2 Å². The average Bonchev–Trinajstić information content (AvgIpc) is 2.85. The van der Waals surface area contributed by atoms with Crippen LogP contribution in [0.3, 0.4) is 0 Å². The van der Waals surface area contributed by atoms with Gasteiger partial charge in [-0.15, -0.1) is 5.10 Å². The molecule has 1 heterocycles. The first-order valence-corrected chi connectivity index (χ1v) is 5.93. The van der Waals surface area contributed by atoms with E-state index >= 15 is 0 Å². The van der Waals surface area contributed by atoms with Crippen LogP contribution < -0.4 is 0 Å². The van der Waals surface area contributed by atoms with Gasteiger partial charge in [0.15, 0.2) is 17.5 Å². The van der Waals surface area contributed by atoms with E-state index in [9.17, 15) is 13.2 Å². The molecule has 0 atom stereocenters. The van der Waals surface area contributed by atoms with E-state index in [0.717, 1.165) is 18.6 Å². The summed E-state index contributed by atoms with van der Waals surface area (Å²) in [4.78, 5) is 0. The summed E-state index contributed by atoms with van der Waals surface area (Å²) >= 11 is 0. The highest BCUT2D eigenvalue weighted by Crippen LogP contribution is 2.24. The normalized spacial score (nSPS) is 11.9. The molecule has 2 aromatic rings. The highest BCUT2D eigenvalue weighted by atomic mass is 19.2. The zero-order valence-corrected chi connectivity index (χ0v) is 10.9. The molecule has 0 spiro atoms. The van der Waals surface area contributed by atoms with Crippen LogP contribution in [0, 0.1) is 17.5 Å². The van der Waals surface area contributed by atoms with Crippen LogP contribution in [0.5, 0.6) is 0 Å². The highest BCUT2D eigenvalue weighted by Gasteiger charge is 2.20. The minimum Gasteiger partial charge on any atom is -0.246 e. The molecule has 6 heteroatoms. The predicted molar refractivity (Wildman–Crippen MR) is 64.9 cm³/mol. The fraction of sp³-hybridized carbons (Fsp3) is 0.385. The van der Waals surface area contributed by atoms with Crippen LogP contribution in [0.25, 0.3) is 11.3 Å². The summed E-state index contributed by atoms with van der Waals surface area (Å²) in [6, 6.07) is 1.82. The second-order valence-electron chi connectivity index (χ2n) is 4.97. The lowest BCUT2D eigenvalue weighted by molar-refractivity contribution is 0.301. The fourth-order valence-electron chi connectivity index (χ4n) is 1.56. The Balaban J connectivity index is 2.44. The molecule has 0 aliphatic rings. The molecule has 102 valence electrons. The zero-order chi connectivity index (χ0) is 14.2. The van der Waals surface area contributed by atoms with E-state index in [2.05, 4.69) is 10.3 Å². The Hall–Kier alpha value is -1.85. The Morgan fingerprint density at radius 2 is 1.74 bits per heavy atom. The van der Waals surface area contributed by atoms with Crippen molar-refractivity contribution in [1.82, 2.24) is 15.0 Å². The van der Waals surface area contributed by atoms with Gasteiger partial charge in [0.1, 0.15) is 5.69 Å². The highest BCUT2D eigenvalue weighted by molar-refractivity contribution is 5.57. The Kier molecular flexibility index (Phi) is 3.34. The van der Waals surface area contributed by atoms with Gasteiger partial charge in [-0.2, -0.15) is 0 Å². The molecule has 1 aromatic carbocycles. The van der Waals surface area contributed by atoms with Crippen molar-refractivity contribution in [2.24, 2.45) is 0 Å². The number of rotatable bonds is 3. The number of benzene rings is 1. The van der Waals surface area contributed by atoms with E-state index in [4.69, 9.17) is 0 Å². The van der Waals surface area contributed by atoms with Gasteiger partial charge < -0.3 is 0 Å². The summed E-state index contributed by atoms with van der Waals surface area (Å²) < 4.78 is 40.8. The third kappa shape index (κ3) is 2.47. The molecule has 0 saturated carbocycles. The standard InChI is InChI=1S/C13H14F3N3/c1-4-13(2,3)19-7-11(17-18-19)8-5-9(14)12(16)10(15)6-8/h5-7H,4H2,1-3H3. The molecule has 0 aliphatic heterocycles. The number of hydrogen-bond acceptors (Lipinski definition) is 2. The van der Waals surface area contributed by atoms with Crippen LogP contribution >= 0.6 is 0 Å². The summed E-state index contributed by atoms with van der Waals surface area (Å²) in [5.41, 5.74) is 0.219. The summed E-state index contributed by atoms with van der Waals surface area (Å²) in [5.74, 6) is -3.95. The third-order valence-corrected chi connectivity index (χ3v) is 3.26. The van der Waals surface area contributed by atoms with Crippen LogP contribution in [0.2, 0.25) is 0 Å². The Morgan fingerprint density at radius 1 is 1.16 bits per heavy atom. The van der Waals surface area contributed by atoms with Gasteiger partial charge in [-0.05, 0) is 32.4 Å². The lowest BCUT2D eigenvalue weighted by Gasteiger charge is -2.22. The van der Waals surface area contributed by atoms with Crippen molar-refractivity contribution in [3.05, 3.63) is 35.8 Å². The predicted octanol–water partition coefficient (Wildman–Crippen LogP) is 3.51. The van der Waals surface area contributed by atoms with Gasteiger partial charge in [-0.1, -0.05) is 12.1 Å². The molecule has 1 aromatic heterocycles. The van der Waals surface area contributed by atoms with E-state index < -0.39 is 17.5 Å². The summed E-state index contributed by atoms with van der Waals surface area (Å²) in [7, 11) is 0. The SMILES string of the molecule is CCC(C)(C)n1cc(-c2cc(F)c(F)c(F)c2)nn1. The van der Waals surface area contributed by atoms with Crippen LogP contribution in [-0.2, 0) is 5.54 Å². The molecule has 0 bridgehead atoms. The average molecular weight is 269 g/mol. The molecule has 3 nitrogen and oxygen atoms in total. The Morgan fingerprint density at radius 3 is 2.26 bits per heavy atom. The van der Waals surface area contributed by atoms with Crippen LogP contribution in [-0.4, -0.2) is 15.0 Å². The van der Waals surface area contributed by atoms with Gasteiger partial charge in [-0.25, -0.2) is 17.9 Å². The lowest BCUT2D eigenvalue weighted by Crippen LogP contribution is -2.25. The second-order valence-corrected chi connectivity index (χ2v) is 4.97. The van der Waals surface area contributed by atoms with Gasteiger partial charge in [0.2, 0.25) is 0 Å². The van der Waals surface area contributed by atoms with Gasteiger partial charge in [-0.3, -0.25) is 0 Å². The molecule has 0 fully saturated rings. The van der Waals surface area contributed by atoms with Crippen molar-refractivity contribution >= 4 is 0 Å². The number of hydrogen-bond donors (Lipinski definition) is 0. The topological polar surface area (TPSA) is 30.7 Å². The van der Waals surface area contributed by atoms with Gasteiger partial charge >= 0.3 is 0 Å². The zero-order valence-electron chi connectivity index (χ0n) is 10.9. The van der Waals surface area contributed by atoms with E-state index in [0.29, 0.717) is 5.69 Å². The minimum atomic E-state index is -1.48. The third-order valence-electron chi connectivity index (χ3n) is 3.26. The van der Waals surface area contributed by atoms with E-state index in [1.54, 1.807) is 10.9 Å². The monoisotopic (exact) mass is 269 g/mol. The molecule has 2 rings (SSSR count). The molecule has 0 radical (unpaired) electrons. The molecule has 19 heavy (non-hydrogen) atoms. The Labute approximate surface area is 109 Å². The molecule has 0 aliphatic carbocycles. The van der Waals surface area contributed by atoms with E-state index in [1.165, 1.54) is 0 Å². The smallest absolute Gasteiger partial charge is 0.194 e. The van der Waals surface area contributed by atoms with Gasteiger partial charge in [0, 0.05) is 5.56 Å². The van der Waals surface area contributed by atoms with Crippen LogP contribution in [0.15, 0.2) is 18.3 Å². The maximum absolute atomic E-state index is 13.2. The maximum Gasteiger partial charge on any atom is 0.194 e. The lowest BCUT2D eigenvalue weighted by atomic mass is 10.0. The van der Waals surface area contributed by atoms with Crippen molar-refractivity contribution in [3.63, 3.8) is 0 Å². The molecular formula is C13H14F3N3. The first-order chi connectivity index (χ1) is 8.85. The van der Waals surface area contributed by atoms with Crippen molar-refractivity contribution in [1.29, 1.82) is 0 Å². The summed E-state index contributed by atoms with van der Waals surface area (Å²) in [5, 5.41) is 7.81. The molecule has 0 saturated heterocycles. The fourth-order valence-corrected chi connectivity index (χ4v) is 1.56. The first kappa shape index (κ1) is 13.6. The minimum absolute atomic E-state index is 0.162. The largest absolute Gasteiger partial charge is 0.246 e. The molecular weight excluding hydrogens is 255 g/mol. The molecule has 0 amide bonds. The number of halogens is 3. The first-order valence-electron chi connectivity index (χ1n) is 5.93. The Bertz CT molecular complexity index is 582. The molecule has 0 N–H and O–H groups in total. The van der Waals surface area contributed by atoms with Crippen molar-refractivity contribution in [2.75, 3.05) is 0 Å². The van der Waals surface area contributed by atoms with Crippen molar-refractivity contribution in [2.45, 2.75) is 32.7 Å². The quantitative estimate of drug-likeness (QED) is 0.798. The van der Waals surface area contributed by atoms with Crippen LogP contribution in [0.4, 0.5) is 13.2 Å². The summed E-state index contributed by atoms with van der Waals surface area (Å²) in [6.45, 7) is 5.94. The van der Waals surface area contributed by atoms with Crippen molar-refractivity contribution in [3.8, 4) is 11.3 Å². The number of aromatic nitrogens is 3. The molecule has 0 unspecified atom stereocenters. The maximum atomic E-state index is 13.2. The van der Waals surface area contributed by atoms with Crippen LogP contribution in [0.1, 0.15) is 27.2 Å². The van der Waals surface area contributed by atoms with E-state index in [-0.39, 0.29) is 11.1 Å². The summed E-state index contributed by atoms with van der Waals surface area (Å²) in [6.07, 6.45) is 2.41. The number of nitrogens with zero attached hydrogens (tertiary/aromatic N) is 3.